The maximum atomic E-state index is 12.8. The summed E-state index contributed by atoms with van der Waals surface area (Å²) in [6.45, 7) is 3.64. The monoisotopic (exact) mass is 437 g/mol. The number of piperazine rings is 1. The Labute approximate surface area is 174 Å². The summed E-state index contributed by atoms with van der Waals surface area (Å²) in [5, 5.41) is 8.07. The highest BCUT2D eigenvalue weighted by Gasteiger charge is 2.34. The van der Waals surface area contributed by atoms with E-state index in [9.17, 15) is 18.0 Å². The number of pyridine rings is 1. The van der Waals surface area contributed by atoms with Gasteiger partial charge in [-0.2, -0.15) is 13.2 Å². The van der Waals surface area contributed by atoms with E-state index in [1.165, 1.54) is 6.07 Å². The number of hydrogen-bond acceptors (Lipinski definition) is 7. The molecule has 0 aromatic carbocycles. The fraction of sp³-hybridized carbons (Fsp3) is 0.368. The summed E-state index contributed by atoms with van der Waals surface area (Å²) in [7, 11) is 0. The van der Waals surface area contributed by atoms with Crippen LogP contribution in [0.3, 0.4) is 0 Å². The number of aromatic nitrogens is 3. The molecule has 3 aromatic rings. The van der Waals surface area contributed by atoms with Crippen LogP contribution in [0.2, 0.25) is 0 Å². The third kappa shape index (κ3) is 4.02. The van der Waals surface area contributed by atoms with Crippen LogP contribution in [0.1, 0.15) is 27.4 Å². The van der Waals surface area contributed by atoms with Crippen LogP contribution in [-0.2, 0) is 12.6 Å². The van der Waals surface area contributed by atoms with Crippen molar-refractivity contribution in [3.8, 4) is 11.5 Å². The van der Waals surface area contributed by atoms with Crippen molar-refractivity contribution in [2.45, 2.75) is 19.5 Å². The zero-order valence-electron chi connectivity index (χ0n) is 16.0. The smallest absolute Gasteiger partial charge is 0.421 e. The van der Waals surface area contributed by atoms with Crippen LogP contribution in [0.5, 0.6) is 0 Å². The Morgan fingerprint density at radius 3 is 2.57 bits per heavy atom. The lowest BCUT2D eigenvalue weighted by Crippen LogP contribution is -2.49. The molecule has 0 unspecified atom stereocenters. The number of anilines is 1. The van der Waals surface area contributed by atoms with Gasteiger partial charge in [0.25, 0.3) is 11.8 Å². The van der Waals surface area contributed by atoms with Crippen molar-refractivity contribution in [3.05, 3.63) is 46.1 Å². The summed E-state index contributed by atoms with van der Waals surface area (Å²) in [5.74, 6) is 1.20. The second-order valence-corrected chi connectivity index (χ2v) is 7.75. The Morgan fingerprint density at radius 2 is 1.93 bits per heavy atom. The molecule has 3 aromatic heterocycles. The highest BCUT2D eigenvalue weighted by atomic mass is 32.1. The van der Waals surface area contributed by atoms with Gasteiger partial charge in [0.2, 0.25) is 5.89 Å². The van der Waals surface area contributed by atoms with E-state index >= 15 is 0 Å². The topological polar surface area (TPSA) is 75.4 Å². The number of thiophene rings is 1. The van der Waals surface area contributed by atoms with Crippen LogP contribution < -0.4 is 4.90 Å². The molecular formula is C19H18F3N5O2S. The van der Waals surface area contributed by atoms with Crippen molar-refractivity contribution < 1.29 is 22.4 Å². The van der Waals surface area contributed by atoms with Crippen molar-refractivity contribution in [2.24, 2.45) is 0 Å². The molecular weight excluding hydrogens is 419 g/mol. The van der Waals surface area contributed by atoms with Crippen molar-refractivity contribution >= 4 is 23.1 Å². The first-order chi connectivity index (χ1) is 14.4. The average molecular weight is 437 g/mol. The Morgan fingerprint density at radius 1 is 1.17 bits per heavy atom. The van der Waals surface area contributed by atoms with Crippen LogP contribution in [0.15, 0.2) is 34.9 Å². The molecule has 11 heteroatoms. The summed E-state index contributed by atoms with van der Waals surface area (Å²) in [5.41, 5.74) is 0.706. The first-order valence-corrected chi connectivity index (χ1v) is 10.2. The summed E-state index contributed by atoms with van der Waals surface area (Å²) in [4.78, 5) is 19.9. The third-order valence-electron chi connectivity index (χ3n) is 4.75. The van der Waals surface area contributed by atoms with Gasteiger partial charge in [-0.25, -0.2) is 4.98 Å². The van der Waals surface area contributed by atoms with Crippen molar-refractivity contribution in [3.63, 3.8) is 0 Å². The molecule has 4 rings (SSSR count). The lowest BCUT2D eigenvalue weighted by atomic mass is 10.2. The van der Waals surface area contributed by atoms with Crippen LogP contribution in [0, 0.1) is 0 Å². The fourth-order valence-electron chi connectivity index (χ4n) is 3.20. The van der Waals surface area contributed by atoms with Crippen molar-refractivity contribution in [2.75, 3.05) is 31.1 Å². The molecule has 0 radical (unpaired) electrons. The summed E-state index contributed by atoms with van der Waals surface area (Å²) >= 11 is 0.473. The molecule has 1 saturated heterocycles. The molecule has 0 saturated carbocycles. The molecule has 0 atom stereocenters. The molecule has 1 aliphatic rings. The maximum Gasteiger partial charge on any atom is 0.425 e. The second-order valence-electron chi connectivity index (χ2n) is 6.67. The van der Waals surface area contributed by atoms with Gasteiger partial charge in [-0.15, -0.1) is 21.5 Å². The van der Waals surface area contributed by atoms with Gasteiger partial charge in [0, 0.05) is 38.8 Å². The molecule has 1 aliphatic heterocycles. The van der Waals surface area contributed by atoms with Gasteiger partial charge in [0.15, 0.2) is 0 Å². The minimum atomic E-state index is -4.44. The molecule has 0 spiro atoms. The predicted octanol–water partition coefficient (Wildman–Crippen LogP) is 3.74. The predicted molar refractivity (Wildman–Crippen MR) is 104 cm³/mol. The quantitative estimate of drug-likeness (QED) is 0.619. The van der Waals surface area contributed by atoms with Gasteiger partial charge in [0.05, 0.1) is 10.4 Å². The van der Waals surface area contributed by atoms with E-state index in [4.69, 9.17) is 4.42 Å². The molecule has 1 fully saturated rings. The number of carbonyl (C=O) groups excluding carboxylic acids is 1. The third-order valence-corrected chi connectivity index (χ3v) is 5.87. The molecule has 0 N–H and O–H groups in total. The normalized spacial score (nSPS) is 14.9. The number of amides is 1. The Kier molecular flexibility index (Phi) is 5.46. The number of aryl methyl sites for hydroxylation is 1. The lowest BCUT2D eigenvalue weighted by molar-refractivity contribution is -0.134. The number of rotatable bonds is 4. The first kappa shape index (κ1) is 20.3. The maximum absolute atomic E-state index is 12.8. The first-order valence-electron chi connectivity index (χ1n) is 9.36. The molecule has 0 bridgehead atoms. The molecule has 1 amide bonds. The van der Waals surface area contributed by atoms with Gasteiger partial charge in [-0.05, 0) is 24.3 Å². The van der Waals surface area contributed by atoms with Gasteiger partial charge in [-0.1, -0.05) is 6.92 Å². The number of alkyl halides is 3. The van der Waals surface area contributed by atoms with E-state index in [2.05, 4.69) is 15.2 Å². The standard InChI is InChI=1S/C19H18F3N5O2S/c1-2-15-24-25-17(29-15)12-4-3-7-23-16(12)26-8-10-27(11-9-26)18(28)13-5-6-14(30-13)19(20,21)22/h3-7H,2,8-11H2,1H3. The minimum absolute atomic E-state index is 0.0901. The Hall–Kier alpha value is -2.95. The fourth-order valence-corrected chi connectivity index (χ4v) is 4.04. The lowest BCUT2D eigenvalue weighted by Gasteiger charge is -2.35. The highest BCUT2D eigenvalue weighted by Crippen LogP contribution is 2.35. The Balaban J connectivity index is 1.46. The molecule has 7 nitrogen and oxygen atoms in total. The van der Waals surface area contributed by atoms with E-state index in [1.54, 1.807) is 17.2 Å². The summed E-state index contributed by atoms with van der Waals surface area (Å²) < 4.78 is 44.1. The summed E-state index contributed by atoms with van der Waals surface area (Å²) in [6, 6.07) is 5.81. The van der Waals surface area contributed by atoms with Crippen LogP contribution >= 0.6 is 11.3 Å². The number of hydrogen-bond donors (Lipinski definition) is 0. The van der Waals surface area contributed by atoms with E-state index < -0.39 is 11.1 Å². The van der Waals surface area contributed by atoms with E-state index in [1.807, 2.05) is 17.9 Å². The molecule has 0 aliphatic carbocycles. The zero-order chi connectivity index (χ0) is 21.3. The van der Waals surface area contributed by atoms with E-state index in [0.29, 0.717) is 67.1 Å². The van der Waals surface area contributed by atoms with E-state index in [-0.39, 0.29) is 10.8 Å². The molecule has 4 heterocycles. The minimum Gasteiger partial charge on any atom is -0.421 e. The second kappa shape index (κ2) is 8.05. The molecule has 30 heavy (non-hydrogen) atoms. The number of halogens is 3. The van der Waals surface area contributed by atoms with Crippen LogP contribution in [0.25, 0.3) is 11.5 Å². The van der Waals surface area contributed by atoms with Crippen LogP contribution in [0.4, 0.5) is 19.0 Å². The average Bonchev–Trinajstić information content (AvgIpc) is 3.43. The van der Waals surface area contributed by atoms with Crippen molar-refractivity contribution in [1.29, 1.82) is 0 Å². The molecule has 158 valence electrons. The van der Waals surface area contributed by atoms with E-state index in [0.717, 1.165) is 6.07 Å². The van der Waals surface area contributed by atoms with Gasteiger partial charge in [-0.3, -0.25) is 4.79 Å². The summed E-state index contributed by atoms with van der Waals surface area (Å²) in [6.07, 6.45) is -2.15. The number of nitrogens with zero attached hydrogens (tertiary/aromatic N) is 5. The van der Waals surface area contributed by atoms with Crippen molar-refractivity contribution in [1.82, 2.24) is 20.1 Å². The van der Waals surface area contributed by atoms with Gasteiger partial charge < -0.3 is 14.2 Å². The van der Waals surface area contributed by atoms with Gasteiger partial charge >= 0.3 is 6.18 Å². The Bertz CT molecular complexity index is 1040. The SMILES string of the molecule is CCc1nnc(-c2cccnc2N2CCN(C(=O)c3ccc(C(F)(F)F)s3)CC2)o1. The zero-order valence-corrected chi connectivity index (χ0v) is 16.8. The highest BCUT2D eigenvalue weighted by molar-refractivity contribution is 7.14. The van der Waals surface area contributed by atoms with Gasteiger partial charge in [0.1, 0.15) is 10.7 Å². The number of carbonyl (C=O) groups is 1. The largest absolute Gasteiger partial charge is 0.425 e. The van der Waals surface area contributed by atoms with Crippen LogP contribution in [-0.4, -0.2) is 52.2 Å².